The van der Waals surface area contributed by atoms with Crippen LogP contribution in [0.5, 0.6) is 0 Å². The number of rotatable bonds is 6. The molecule has 4 nitrogen and oxygen atoms in total. The largest absolute Gasteiger partial charge is 0.480 e. The van der Waals surface area contributed by atoms with Crippen LogP contribution in [-0.4, -0.2) is 49.2 Å². The fraction of sp³-hybridized carbons (Fsp3) is 0.529. The summed E-state index contributed by atoms with van der Waals surface area (Å²) in [7, 11) is 3.56. The number of benzene rings is 1. The highest BCUT2D eigenvalue weighted by Crippen LogP contribution is 2.27. The monoisotopic (exact) mass is 354 g/mol. The van der Waals surface area contributed by atoms with Crippen molar-refractivity contribution in [3.63, 3.8) is 0 Å². The van der Waals surface area contributed by atoms with Crippen molar-refractivity contribution in [1.82, 2.24) is 4.90 Å². The van der Waals surface area contributed by atoms with Crippen LogP contribution in [0, 0.1) is 0 Å². The number of carbonyl (C=O) groups is 1. The summed E-state index contributed by atoms with van der Waals surface area (Å²) in [5, 5.41) is 0. The van der Waals surface area contributed by atoms with Gasteiger partial charge in [0.1, 0.15) is 6.04 Å². The number of nitrogens with zero attached hydrogens (tertiary/aromatic N) is 2. The fourth-order valence-corrected chi connectivity index (χ4v) is 3.67. The van der Waals surface area contributed by atoms with E-state index in [1.54, 1.807) is 26.5 Å². The summed E-state index contributed by atoms with van der Waals surface area (Å²) in [5.41, 5.74) is 0. The van der Waals surface area contributed by atoms with Crippen molar-refractivity contribution in [3.8, 4) is 0 Å². The average Bonchev–Trinajstić information content (AvgIpc) is 3.05. The number of aliphatic imine (C=N–C) groups is 1. The molecule has 1 unspecified atom stereocenters. The third-order valence-electron chi connectivity index (χ3n) is 3.24. The van der Waals surface area contributed by atoms with Crippen LogP contribution in [0.1, 0.15) is 26.7 Å². The zero-order valence-corrected chi connectivity index (χ0v) is 15.7. The molecule has 1 heterocycles. The molecule has 1 saturated heterocycles. The van der Waals surface area contributed by atoms with Crippen LogP contribution in [0.2, 0.25) is 0 Å². The first-order valence-corrected chi connectivity index (χ1v) is 10.5. The second kappa shape index (κ2) is 12.3. The lowest BCUT2D eigenvalue weighted by Gasteiger charge is -2.21. The van der Waals surface area contributed by atoms with Crippen LogP contribution in [0.15, 0.2) is 40.2 Å². The third kappa shape index (κ3) is 7.31. The van der Waals surface area contributed by atoms with E-state index in [0.717, 1.165) is 31.7 Å². The first-order chi connectivity index (χ1) is 11.3. The third-order valence-corrected chi connectivity index (χ3v) is 4.95. The molecule has 0 radical (unpaired) electrons. The van der Waals surface area contributed by atoms with Crippen LogP contribution in [0.3, 0.4) is 0 Å². The van der Waals surface area contributed by atoms with Gasteiger partial charge in [0.2, 0.25) is 12.3 Å². The summed E-state index contributed by atoms with van der Waals surface area (Å²) < 4.78 is 5.45. The quantitative estimate of drug-likeness (QED) is 0.333. The molecule has 1 aliphatic rings. The van der Waals surface area contributed by atoms with E-state index in [9.17, 15) is 4.79 Å². The lowest BCUT2D eigenvalue weighted by atomic mass is 10.2. The van der Waals surface area contributed by atoms with Crippen LogP contribution >= 0.6 is 21.6 Å². The van der Waals surface area contributed by atoms with E-state index >= 15 is 0 Å². The van der Waals surface area contributed by atoms with Gasteiger partial charge in [-0.25, -0.2) is 0 Å². The molecule has 1 aliphatic heterocycles. The maximum absolute atomic E-state index is 10.7. The first-order valence-electron chi connectivity index (χ1n) is 7.90. The van der Waals surface area contributed by atoms with Crippen molar-refractivity contribution in [3.05, 3.63) is 30.3 Å². The topological polar surface area (TPSA) is 41.9 Å². The Hall–Kier alpha value is -1.14. The minimum Gasteiger partial charge on any atom is -0.480 e. The summed E-state index contributed by atoms with van der Waals surface area (Å²) in [6.07, 6.45) is 4.98. The van der Waals surface area contributed by atoms with Crippen molar-refractivity contribution in [1.29, 1.82) is 0 Å². The number of amides is 1. The number of hydrogen-bond acceptors (Lipinski definition) is 5. The molecular weight excluding hydrogens is 328 g/mol. The summed E-state index contributed by atoms with van der Waals surface area (Å²) >= 11 is 0. The molecule has 6 heteroatoms. The van der Waals surface area contributed by atoms with Crippen molar-refractivity contribution in [2.45, 2.75) is 37.6 Å². The van der Waals surface area contributed by atoms with E-state index in [-0.39, 0.29) is 6.04 Å². The van der Waals surface area contributed by atoms with E-state index in [2.05, 4.69) is 35.5 Å². The molecule has 1 atom stereocenters. The van der Waals surface area contributed by atoms with Crippen molar-refractivity contribution in [2.24, 2.45) is 4.99 Å². The predicted octanol–water partition coefficient (Wildman–Crippen LogP) is 4.12. The van der Waals surface area contributed by atoms with Gasteiger partial charge in [-0.05, 0) is 45.1 Å². The van der Waals surface area contributed by atoms with Gasteiger partial charge in [0.15, 0.2) is 0 Å². The summed E-state index contributed by atoms with van der Waals surface area (Å²) in [6.45, 7) is 6.05. The summed E-state index contributed by atoms with van der Waals surface area (Å²) in [4.78, 5) is 18.1. The molecule has 2 rings (SSSR count). The molecule has 0 aliphatic carbocycles. The van der Waals surface area contributed by atoms with E-state index in [1.165, 1.54) is 4.90 Å². The summed E-state index contributed by atoms with van der Waals surface area (Å²) in [6, 6.07) is 10.4. The molecule has 1 aromatic carbocycles. The van der Waals surface area contributed by atoms with Gasteiger partial charge >= 0.3 is 0 Å². The molecule has 0 spiro atoms. The molecule has 1 amide bonds. The predicted molar refractivity (Wildman–Crippen MR) is 101 cm³/mol. The van der Waals surface area contributed by atoms with Crippen molar-refractivity contribution >= 4 is 33.9 Å². The highest BCUT2D eigenvalue weighted by Gasteiger charge is 2.28. The van der Waals surface area contributed by atoms with Gasteiger partial charge in [0, 0.05) is 18.0 Å². The van der Waals surface area contributed by atoms with E-state index < -0.39 is 0 Å². The van der Waals surface area contributed by atoms with Gasteiger partial charge in [-0.1, -0.05) is 39.8 Å². The van der Waals surface area contributed by atoms with Crippen LogP contribution in [0.25, 0.3) is 0 Å². The Balaban J connectivity index is 0.000000253. The normalized spacial score (nSPS) is 17.4. The van der Waals surface area contributed by atoms with Crippen molar-refractivity contribution < 1.29 is 9.53 Å². The molecule has 0 aromatic heterocycles. The first kappa shape index (κ1) is 19.9. The Morgan fingerprint density at radius 1 is 1.39 bits per heavy atom. The van der Waals surface area contributed by atoms with Gasteiger partial charge in [0.25, 0.3) is 0 Å². The van der Waals surface area contributed by atoms with E-state index in [1.807, 2.05) is 19.9 Å². The molecule has 1 aromatic rings. The minimum absolute atomic E-state index is 0.0763. The second-order valence-corrected chi connectivity index (χ2v) is 7.28. The highest BCUT2D eigenvalue weighted by molar-refractivity contribution is 8.76. The fourth-order valence-electron chi connectivity index (χ4n) is 2.30. The Morgan fingerprint density at radius 3 is 2.70 bits per heavy atom. The Morgan fingerprint density at radius 2 is 2.13 bits per heavy atom. The molecule has 0 N–H and O–H groups in total. The molecule has 0 saturated carbocycles. The molecule has 1 fully saturated rings. The second-order valence-electron chi connectivity index (χ2n) is 4.81. The number of likely N-dealkylation sites (tertiary alicyclic amines) is 1. The standard InChI is InChI=1S/C10H18N2O2.C7H8S2/c1-3-11-10(14-4-2)9-6-5-7-12(9)8-13;1-8-9-7-5-3-2-4-6-7/h8-9H,3-7H2,1-2H3;2-6H,1H3. The smallest absolute Gasteiger partial charge is 0.210 e. The lowest BCUT2D eigenvalue weighted by Crippen LogP contribution is -2.36. The Kier molecular flexibility index (Phi) is 10.6. The van der Waals surface area contributed by atoms with Gasteiger partial charge < -0.3 is 9.64 Å². The van der Waals surface area contributed by atoms with Crippen LogP contribution in [-0.2, 0) is 9.53 Å². The number of carbonyl (C=O) groups excluding carboxylic acids is 1. The van der Waals surface area contributed by atoms with Gasteiger partial charge in [-0.3, -0.25) is 9.79 Å². The zero-order valence-electron chi connectivity index (χ0n) is 14.1. The average molecular weight is 355 g/mol. The SMILES string of the molecule is CCN=C(OCC)C1CCCN1C=O.CSSc1ccccc1. The number of ether oxygens (including phenoxy) is 1. The Bertz CT molecular complexity index is 469. The molecule has 0 bridgehead atoms. The maximum Gasteiger partial charge on any atom is 0.210 e. The lowest BCUT2D eigenvalue weighted by molar-refractivity contribution is -0.118. The molecule has 128 valence electrons. The van der Waals surface area contributed by atoms with Gasteiger partial charge in [-0.2, -0.15) is 0 Å². The van der Waals surface area contributed by atoms with E-state index in [0.29, 0.717) is 13.2 Å². The highest BCUT2D eigenvalue weighted by atomic mass is 33.1. The zero-order chi connectivity index (χ0) is 16.9. The minimum atomic E-state index is 0.0763. The van der Waals surface area contributed by atoms with Gasteiger partial charge in [0.05, 0.1) is 6.61 Å². The van der Waals surface area contributed by atoms with E-state index in [4.69, 9.17) is 4.74 Å². The van der Waals surface area contributed by atoms with Crippen molar-refractivity contribution in [2.75, 3.05) is 26.0 Å². The Labute approximate surface area is 147 Å². The summed E-state index contributed by atoms with van der Waals surface area (Å²) in [5.74, 6) is 0.722. The number of hydrogen-bond donors (Lipinski definition) is 0. The van der Waals surface area contributed by atoms with Crippen LogP contribution in [0.4, 0.5) is 0 Å². The molecular formula is C17H26N2O2S2. The van der Waals surface area contributed by atoms with Crippen LogP contribution < -0.4 is 0 Å². The maximum atomic E-state index is 10.7. The van der Waals surface area contributed by atoms with Gasteiger partial charge in [-0.15, -0.1) is 0 Å². The molecule has 23 heavy (non-hydrogen) atoms.